The Balaban J connectivity index is 1.73. The largest absolute Gasteiger partial charge is 0.497 e. The highest BCUT2D eigenvalue weighted by atomic mass is 32.2. The van der Waals surface area contributed by atoms with Crippen molar-refractivity contribution in [3.05, 3.63) is 59.3 Å². The fourth-order valence-electron chi connectivity index (χ4n) is 5.30. The summed E-state index contributed by atoms with van der Waals surface area (Å²) in [4.78, 5) is 30.9. The van der Waals surface area contributed by atoms with E-state index >= 15 is 0 Å². The van der Waals surface area contributed by atoms with E-state index in [1.807, 2.05) is 42.5 Å². The first-order valence-corrected chi connectivity index (χ1v) is 15.0. The van der Waals surface area contributed by atoms with E-state index in [2.05, 4.69) is 20.8 Å². The number of amides is 2. The van der Waals surface area contributed by atoms with Gasteiger partial charge in [0.2, 0.25) is 11.8 Å². The van der Waals surface area contributed by atoms with E-state index in [1.165, 1.54) is 11.8 Å². The van der Waals surface area contributed by atoms with Crippen molar-refractivity contribution in [1.29, 1.82) is 0 Å². The molecular weight excluding hydrogens is 556 g/mol. The number of morpholine rings is 1. The summed E-state index contributed by atoms with van der Waals surface area (Å²) in [7, 11) is 4.84. The number of fused-ring (bicyclic) bond motifs is 1. The zero-order valence-electron chi connectivity index (χ0n) is 25.0. The second-order valence-electron chi connectivity index (χ2n) is 11.2. The molecule has 0 spiro atoms. The first-order chi connectivity index (χ1) is 20.2. The molecule has 42 heavy (non-hydrogen) atoms. The van der Waals surface area contributed by atoms with Gasteiger partial charge in [-0.1, -0.05) is 26.8 Å². The number of ether oxygens (including phenoxy) is 4. The molecule has 0 N–H and O–H groups in total. The molecule has 5 rings (SSSR count). The third kappa shape index (κ3) is 5.80. The maximum absolute atomic E-state index is 13.9. The van der Waals surface area contributed by atoms with Crippen molar-refractivity contribution in [2.75, 3.05) is 64.8 Å². The van der Waals surface area contributed by atoms with Gasteiger partial charge in [-0.3, -0.25) is 14.5 Å². The maximum atomic E-state index is 13.9. The molecule has 2 aliphatic rings. The maximum Gasteiger partial charge on any atom is 0.242 e. The van der Waals surface area contributed by atoms with Crippen LogP contribution in [0.5, 0.6) is 17.2 Å². The van der Waals surface area contributed by atoms with E-state index in [-0.39, 0.29) is 34.8 Å². The lowest BCUT2D eigenvalue weighted by Crippen LogP contribution is -2.48. The van der Waals surface area contributed by atoms with Crippen LogP contribution in [0.1, 0.15) is 42.8 Å². The van der Waals surface area contributed by atoms with E-state index in [4.69, 9.17) is 24.0 Å². The quantitative estimate of drug-likeness (QED) is 0.401. The Bertz CT molecular complexity index is 1440. The van der Waals surface area contributed by atoms with Crippen LogP contribution in [-0.2, 0) is 19.7 Å². The number of methoxy groups -OCH3 is 3. The summed E-state index contributed by atoms with van der Waals surface area (Å²) in [6.45, 7) is 8.22. The number of aromatic nitrogens is 2. The van der Waals surface area contributed by atoms with Gasteiger partial charge in [-0.15, -0.1) is 11.8 Å². The van der Waals surface area contributed by atoms with Gasteiger partial charge in [0.15, 0.2) is 11.5 Å². The minimum Gasteiger partial charge on any atom is -0.497 e. The third-order valence-electron chi connectivity index (χ3n) is 7.48. The molecule has 3 aromatic rings. The summed E-state index contributed by atoms with van der Waals surface area (Å²) in [6.07, 6.45) is 0. The van der Waals surface area contributed by atoms with Crippen molar-refractivity contribution in [2.24, 2.45) is 0 Å². The Kier molecular flexibility index (Phi) is 8.70. The van der Waals surface area contributed by atoms with Gasteiger partial charge in [-0.25, -0.2) is 4.68 Å². The SMILES string of the molecule is COc1ccc(-n2nc(C(C)(C)C)c3c2N(CC(=O)N2CCOCC2)C(=O)CS[C@@H]3c2ccc(OC)c(OC)c2)cc1. The van der Waals surface area contributed by atoms with Crippen molar-refractivity contribution in [3.8, 4) is 22.9 Å². The van der Waals surface area contributed by atoms with Crippen molar-refractivity contribution < 1.29 is 28.5 Å². The van der Waals surface area contributed by atoms with Gasteiger partial charge in [0.25, 0.3) is 0 Å². The highest BCUT2D eigenvalue weighted by Gasteiger charge is 2.40. The molecule has 0 aliphatic carbocycles. The Hall–Kier alpha value is -3.70. The Morgan fingerprint density at radius 2 is 1.69 bits per heavy atom. The second kappa shape index (κ2) is 12.3. The Morgan fingerprint density at radius 3 is 2.31 bits per heavy atom. The number of thioether (sulfide) groups is 1. The molecule has 0 radical (unpaired) electrons. The Labute approximate surface area is 250 Å². The minimum absolute atomic E-state index is 0.0868. The molecule has 2 aromatic carbocycles. The predicted octanol–water partition coefficient (Wildman–Crippen LogP) is 4.22. The average molecular weight is 595 g/mol. The molecule has 1 atom stereocenters. The molecule has 1 saturated heterocycles. The van der Waals surface area contributed by atoms with E-state index in [1.54, 1.807) is 35.8 Å². The molecule has 1 aromatic heterocycles. The number of hydrogen-bond acceptors (Lipinski definition) is 8. The molecule has 10 nitrogen and oxygen atoms in total. The normalized spacial score (nSPS) is 17.5. The van der Waals surface area contributed by atoms with Crippen molar-refractivity contribution in [1.82, 2.24) is 14.7 Å². The number of anilines is 1. The van der Waals surface area contributed by atoms with Gasteiger partial charge >= 0.3 is 0 Å². The lowest BCUT2D eigenvalue weighted by molar-refractivity contribution is -0.134. The second-order valence-corrected chi connectivity index (χ2v) is 12.3. The van der Waals surface area contributed by atoms with Gasteiger partial charge in [0.1, 0.15) is 18.1 Å². The standard InChI is InChI=1S/C31H38N4O6S/c1-31(2,3)29-27-28(20-7-12-23(39-5)24(17-20)40-6)42-19-26(37)34(18-25(36)33-13-15-41-16-14-33)30(27)35(32-29)21-8-10-22(38-4)11-9-21/h7-12,17,28H,13-16,18-19H2,1-6H3/t28-/m1/s1. The highest BCUT2D eigenvalue weighted by Crippen LogP contribution is 2.49. The van der Waals surface area contributed by atoms with Gasteiger partial charge < -0.3 is 23.8 Å². The topological polar surface area (TPSA) is 95.4 Å². The molecule has 224 valence electrons. The van der Waals surface area contributed by atoms with Crippen LogP contribution in [0.3, 0.4) is 0 Å². The van der Waals surface area contributed by atoms with Gasteiger partial charge in [0, 0.05) is 24.1 Å². The first kappa shape index (κ1) is 29.8. The molecule has 3 heterocycles. The molecular formula is C31H38N4O6S. The number of benzene rings is 2. The smallest absolute Gasteiger partial charge is 0.242 e. The van der Waals surface area contributed by atoms with E-state index in [9.17, 15) is 9.59 Å². The molecule has 2 aliphatic heterocycles. The summed E-state index contributed by atoms with van der Waals surface area (Å²) in [5.41, 5.74) is 3.09. The molecule has 2 amide bonds. The zero-order valence-corrected chi connectivity index (χ0v) is 25.8. The lowest BCUT2D eigenvalue weighted by Gasteiger charge is -2.30. The third-order valence-corrected chi connectivity index (χ3v) is 8.74. The molecule has 0 saturated carbocycles. The summed E-state index contributed by atoms with van der Waals surface area (Å²) in [5.74, 6) is 2.46. The number of hydrogen-bond donors (Lipinski definition) is 0. The van der Waals surface area contributed by atoms with Crippen molar-refractivity contribution in [3.63, 3.8) is 0 Å². The monoisotopic (exact) mass is 594 g/mol. The predicted molar refractivity (Wildman–Crippen MR) is 162 cm³/mol. The fourth-order valence-corrected chi connectivity index (χ4v) is 6.49. The van der Waals surface area contributed by atoms with Crippen LogP contribution >= 0.6 is 11.8 Å². The number of carbonyl (C=O) groups excluding carboxylic acids is 2. The molecule has 0 bridgehead atoms. The van der Waals surface area contributed by atoms with Gasteiger partial charge in [-0.2, -0.15) is 5.10 Å². The molecule has 11 heteroatoms. The number of rotatable bonds is 7. The van der Waals surface area contributed by atoms with E-state index in [0.717, 1.165) is 22.5 Å². The highest BCUT2D eigenvalue weighted by molar-refractivity contribution is 8.00. The van der Waals surface area contributed by atoms with E-state index in [0.29, 0.717) is 49.4 Å². The zero-order chi connectivity index (χ0) is 30.0. The van der Waals surface area contributed by atoms with Crippen molar-refractivity contribution in [2.45, 2.75) is 31.4 Å². The molecule has 0 unspecified atom stereocenters. The van der Waals surface area contributed by atoms with Gasteiger partial charge in [0.05, 0.1) is 56.9 Å². The summed E-state index contributed by atoms with van der Waals surface area (Å²) in [6, 6.07) is 13.4. The minimum atomic E-state index is -0.371. The van der Waals surface area contributed by atoms with Crippen LogP contribution in [0.25, 0.3) is 5.69 Å². The lowest BCUT2D eigenvalue weighted by atomic mass is 9.87. The van der Waals surface area contributed by atoms with E-state index < -0.39 is 0 Å². The van der Waals surface area contributed by atoms with Gasteiger partial charge in [-0.05, 0) is 42.0 Å². The fraction of sp³-hybridized carbons (Fsp3) is 0.452. The summed E-state index contributed by atoms with van der Waals surface area (Å²) < 4.78 is 23.8. The van der Waals surface area contributed by atoms with Crippen LogP contribution in [0.2, 0.25) is 0 Å². The summed E-state index contributed by atoms with van der Waals surface area (Å²) >= 11 is 1.53. The van der Waals surface area contributed by atoms with Crippen LogP contribution in [-0.4, -0.2) is 86.4 Å². The number of carbonyl (C=O) groups is 2. The van der Waals surface area contributed by atoms with Crippen LogP contribution in [0.4, 0.5) is 5.82 Å². The number of nitrogens with zero attached hydrogens (tertiary/aromatic N) is 4. The average Bonchev–Trinajstić information content (AvgIpc) is 3.34. The van der Waals surface area contributed by atoms with Crippen LogP contribution < -0.4 is 19.1 Å². The van der Waals surface area contributed by atoms with Crippen LogP contribution in [0, 0.1) is 0 Å². The first-order valence-electron chi connectivity index (χ1n) is 13.9. The van der Waals surface area contributed by atoms with Crippen LogP contribution in [0.15, 0.2) is 42.5 Å². The molecule has 1 fully saturated rings. The summed E-state index contributed by atoms with van der Waals surface area (Å²) in [5, 5.41) is 4.90. The van der Waals surface area contributed by atoms with Crippen molar-refractivity contribution >= 4 is 29.4 Å². The Morgan fingerprint density at radius 1 is 1.00 bits per heavy atom.